The molecule has 5 heteroatoms. The first-order chi connectivity index (χ1) is 12.1. The average Bonchev–Trinajstić information content (AvgIpc) is 2.62. The Hall–Kier alpha value is -1.88. The minimum absolute atomic E-state index is 0. The van der Waals surface area contributed by atoms with Crippen LogP contribution < -0.4 is 10.5 Å². The van der Waals surface area contributed by atoms with Gasteiger partial charge in [0.05, 0.1) is 6.61 Å². The van der Waals surface area contributed by atoms with Crippen LogP contribution in [0.1, 0.15) is 35.3 Å². The first-order valence-corrected chi connectivity index (χ1v) is 8.87. The molecular weight excluding hydrogens is 348 g/mol. The number of carbonyl (C=O) groups excluding carboxylic acids is 1. The van der Waals surface area contributed by atoms with Gasteiger partial charge < -0.3 is 10.5 Å². The molecule has 2 aromatic rings. The molecule has 2 rings (SSSR count). The number of benzene rings is 2. The second-order valence-electron chi connectivity index (χ2n) is 6.11. The van der Waals surface area contributed by atoms with Gasteiger partial charge in [0.1, 0.15) is 5.75 Å². The fourth-order valence-corrected chi connectivity index (χ4v) is 2.84. The predicted molar refractivity (Wildman–Crippen MR) is 109 cm³/mol. The predicted octanol–water partition coefficient (Wildman–Crippen LogP) is 3.71. The molecule has 4 nitrogen and oxygen atoms in total. The van der Waals surface area contributed by atoms with Crippen molar-refractivity contribution in [3.8, 4) is 5.75 Å². The van der Waals surface area contributed by atoms with Gasteiger partial charge in [-0.15, -0.1) is 12.4 Å². The molecule has 0 saturated carbocycles. The van der Waals surface area contributed by atoms with E-state index in [-0.39, 0.29) is 18.2 Å². The van der Waals surface area contributed by atoms with Gasteiger partial charge >= 0.3 is 0 Å². The molecule has 2 N–H and O–H groups in total. The van der Waals surface area contributed by atoms with Gasteiger partial charge in [-0.05, 0) is 44.0 Å². The zero-order chi connectivity index (χ0) is 18.1. The summed E-state index contributed by atoms with van der Waals surface area (Å²) in [7, 11) is 0. The summed E-state index contributed by atoms with van der Waals surface area (Å²) < 4.78 is 5.74. The van der Waals surface area contributed by atoms with Crippen molar-refractivity contribution in [2.45, 2.75) is 26.8 Å². The zero-order valence-electron chi connectivity index (χ0n) is 15.6. The summed E-state index contributed by atoms with van der Waals surface area (Å²) in [5.74, 6) is 0.910. The molecule has 0 aliphatic carbocycles. The maximum absolute atomic E-state index is 11.7. The Morgan fingerprint density at radius 1 is 1.12 bits per heavy atom. The minimum atomic E-state index is 0. The standard InChI is InChI=1S/C21H28N2O2.ClH/c1-3-25-21-10-9-19(17(2)24)15-20(21)16-23(14-12-22)13-11-18-7-5-4-6-8-18;/h4-10,15H,3,11-14,16,22H2,1-2H3;1H. The van der Waals surface area contributed by atoms with E-state index >= 15 is 0 Å². The molecule has 0 aliphatic rings. The summed E-state index contributed by atoms with van der Waals surface area (Å²) in [6.45, 7) is 7.21. The van der Waals surface area contributed by atoms with Crippen LogP contribution in [-0.2, 0) is 13.0 Å². The number of hydrogen-bond acceptors (Lipinski definition) is 4. The number of carbonyl (C=O) groups is 1. The Kier molecular flexibility index (Phi) is 9.96. The Morgan fingerprint density at radius 2 is 1.85 bits per heavy atom. The number of ether oxygens (including phenoxy) is 1. The second-order valence-corrected chi connectivity index (χ2v) is 6.11. The van der Waals surface area contributed by atoms with Crippen molar-refractivity contribution in [1.82, 2.24) is 4.90 Å². The lowest BCUT2D eigenvalue weighted by atomic mass is 10.1. The summed E-state index contributed by atoms with van der Waals surface area (Å²) in [6.07, 6.45) is 0.969. The molecule has 0 atom stereocenters. The Balaban J connectivity index is 0.00000338. The maximum atomic E-state index is 11.7. The first-order valence-electron chi connectivity index (χ1n) is 8.87. The normalized spacial score (nSPS) is 10.5. The lowest BCUT2D eigenvalue weighted by Gasteiger charge is -2.23. The quantitative estimate of drug-likeness (QED) is 0.642. The third-order valence-electron chi connectivity index (χ3n) is 4.17. The van der Waals surface area contributed by atoms with E-state index in [1.54, 1.807) is 6.92 Å². The van der Waals surface area contributed by atoms with Crippen molar-refractivity contribution >= 4 is 18.2 Å². The number of Topliss-reactive ketones (excluding diaryl/α,β-unsaturated/α-hetero) is 1. The van der Waals surface area contributed by atoms with E-state index in [1.807, 2.05) is 31.2 Å². The number of rotatable bonds is 10. The number of halogens is 1. The van der Waals surface area contributed by atoms with Crippen LogP contribution in [0.25, 0.3) is 0 Å². The van der Waals surface area contributed by atoms with Gasteiger partial charge in [0.15, 0.2) is 5.78 Å². The van der Waals surface area contributed by atoms with Gasteiger partial charge in [0, 0.05) is 37.3 Å². The van der Waals surface area contributed by atoms with Crippen molar-refractivity contribution in [2.75, 3.05) is 26.2 Å². The Bertz CT molecular complexity index is 677. The largest absolute Gasteiger partial charge is 0.494 e. The number of hydrogen-bond donors (Lipinski definition) is 1. The van der Waals surface area contributed by atoms with Gasteiger partial charge in [-0.3, -0.25) is 9.69 Å². The summed E-state index contributed by atoms with van der Waals surface area (Å²) in [5, 5.41) is 0. The van der Waals surface area contributed by atoms with Crippen molar-refractivity contribution in [2.24, 2.45) is 5.73 Å². The van der Waals surface area contributed by atoms with Gasteiger partial charge in [-0.2, -0.15) is 0 Å². The lowest BCUT2D eigenvalue weighted by Crippen LogP contribution is -2.31. The topological polar surface area (TPSA) is 55.6 Å². The van der Waals surface area contributed by atoms with Gasteiger partial charge in [-0.1, -0.05) is 30.3 Å². The second kappa shape index (κ2) is 11.7. The van der Waals surface area contributed by atoms with Gasteiger partial charge in [-0.25, -0.2) is 0 Å². The van der Waals surface area contributed by atoms with Crippen LogP contribution in [0, 0.1) is 0 Å². The van der Waals surface area contributed by atoms with Crippen molar-refractivity contribution in [3.05, 3.63) is 65.2 Å². The van der Waals surface area contributed by atoms with E-state index in [2.05, 4.69) is 29.2 Å². The van der Waals surface area contributed by atoms with Crippen LogP contribution in [0.15, 0.2) is 48.5 Å². The van der Waals surface area contributed by atoms with E-state index in [0.29, 0.717) is 18.7 Å². The third-order valence-corrected chi connectivity index (χ3v) is 4.17. The molecule has 2 aromatic carbocycles. The van der Waals surface area contributed by atoms with E-state index in [1.165, 1.54) is 5.56 Å². The highest BCUT2D eigenvalue weighted by Crippen LogP contribution is 2.22. The molecule has 0 fully saturated rings. The Labute approximate surface area is 162 Å². The van der Waals surface area contributed by atoms with Crippen LogP contribution in [0.4, 0.5) is 0 Å². The Morgan fingerprint density at radius 3 is 2.46 bits per heavy atom. The molecule has 0 spiro atoms. The fraction of sp³-hybridized carbons (Fsp3) is 0.381. The summed E-state index contributed by atoms with van der Waals surface area (Å²) >= 11 is 0. The van der Waals surface area contributed by atoms with Gasteiger partial charge in [0.2, 0.25) is 0 Å². The molecule has 142 valence electrons. The molecule has 26 heavy (non-hydrogen) atoms. The molecule has 0 heterocycles. The van der Waals surface area contributed by atoms with Crippen LogP contribution in [0.2, 0.25) is 0 Å². The van der Waals surface area contributed by atoms with Crippen molar-refractivity contribution in [3.63, 3.8) is 0 Å². The molecule has 0 saturated heterocycles. The minimum Gasteiger partial charge on any atom is -0.494 e. The third kappa shape index (κ3) is 6.79. The van der Waals surface area contributed by atoms with Crippen LogP contribution in [-0.4, -0.2) is 36.9 Å². The van der Waals surface area contributed by atoms with E-state index < -0.39 is 0 Å². The van der Waals surface area contributed by atoms with Gasteiger partial charge in [0.25, 0.3) is 0 Å². The average molecular weight is 377 g/mol. The number of nitrogens with two attached hydrogens (primary N) is 1. The lowest BCUT2D eigenvalue weighted by molar-refractivity contribution is 0.101. The summed E-state index contributed by atoms with van der Waals surface area (Å²) in [5.41, 5.74) is 8.87. The molecule has 0 aliphatic heterocycles. The zero-order valence-corrected chi connectivity index (χ0v) is 16.4. The van der Waals surface area contributed by atoms with Crippen molar-refractivity contribution in [1.29, 1.82) is 0 Å². The van der Waals surface area contributed by atoms with E-state index in [9.17, 15) is 4.79 Å². The smallest absolute Gasteiger partial charge is 0.159 e. The van der Waals surface area contributed by atoms with E-state index in [0.717, 1.165) is 37.4 Å². The highest BCUT2D eigenvalue weighted by molar-refractivity contribution is 5.94. The molecule has 0 aromatic heterocycles. The molecule has 0 bridgehead atoms. The summed E-state index contributed by atoms with van der Waals surface area (Å²) in [4.78, 5) is 14.0. The van der Waals surface area contributed by atoms with E-state index in [4.69, 9.17) is 10.5 Å². The maximum Gasteiger partial charge on any atom is 0.159 e. The van der Waals surface area contributed by atoms with Crippen LogP contribution in [0.5, 0.6) is 5.75 Å². The molecular formula is C21H29ClN2O2. The highest BCUT2D eigenvalue weighted by atomic mass is 35.5. The molecule has 0 unspecified atom stereocenters. The van der Waals surface area contributed by atoms with Crippen LogP contribution in [0.3, 0.4) is 0 Å². The molecule has 0 radical (unpaired) electrons. The summed E-state index contributed by atoms with van der Waals surface area (Å²) in [6, 6.07) is 16.1. The van der Waals surface area contributed by atoms with Crippen LogP contribution >= 0.6 is 12.4 Å². The first kappa shape index (κ1) is 22.2. The SMILES string of the molecule is CCOc1ccc(C(C)=O)cc1CN(CCN)CCc1ccccc1.Cl. The molecule has 0 amide bonds. The number of nitrogens with zero attached hydrogens (tertiary/aromatic N) is 1. The fourth-order valence-electron chi connectivity index (χ4n) is 2.84. The highest BCUT2D eigenvalue weighted by Gasteiger charge is 2.12. The monoisotopic (exact) mass is 376 g/mol. The number of ketones is 1. The van der Waals surface area contributed by atoms with Crippen molar-refractivity contribution < 1.29 is 9.53 Å².